The van der Waals surface area contributed by atoms with Gasteiger partial charge < -0.3 is 9.74 Å². The van der Waals surface area contributed by atoms with E-state index >= 15 is 0 Å². The fourth-order valence-electron chi connectivity index (χ4n) is 1.93. The van der Waals surface area contributed by atoms with Gasteiger partial charge in [-0.3, -0.25) is 0 Å². The summed E-state index contributed by atoms with van der Waals surface area (Å²) in [4.78, 5) is 0. The first-order chi connectivity index (χ1) is 10.2. The van der Waals surface area contributed by atoms with Crippen LogP contribution in [0, 0.1) is 29.1 Å². The van der Waals surface area contributed by atoms with Gasteiger partial charge in [0, 0.05) is 12.1 Å². The van der Waals surface area contributed by atoms with Gasteiger partial charge in [0.15, 0.2) is 23.3 Å². The van der Waals surface area contributed by atoms with Crippen molar-refractivity contribution in [1.29, 1.82) is 0 Å². The van der Waals surface area contributed by atoms with Crippen molar-refractivity contribution in [3.63, 3.8) is 0 Å². The van der Waals surface area contributed by atoms with Gasteiger partial charge in [0.2, 0.25) is 5.82 Å². The molecule has 22 heavy (non-hydrogen) atoms. The van der Waals surface area contributed by atoms with E-state index < -0.39 is 34.8 Å². The third kappa shape index (κ3) is 4.67. The van der Waals surface area contributed by atoms with Crippen LogP contribution in [0.1, 0.15) is 39.5 Å². The Morgan fingerprint density at radius 3 is 1.86 bits per heavy atom. The van der Waals surface area contributed by atoms with Crippen molar-refractivity contribution < 1.29 is 26.4 Å². The number of benzene rings is 1. The Morgan fingerprint density at radius 1 is 0.864 bits per heavy atom. The van der Waals surface area contributed by atoms with Crippen molar-refractivity contribution in [2.45, 2.75) is 45.1 Å². The summed E-state index contributed by atoms with van der Waals surface area (Å²) in [5.41, 5.74) is -1.15. The summed E-state index contributed by atoms with van der Waals surface area (Å²) >= 11 is 0. The highest BCUT2D eigenvalue weighted by atomic mass is 28.2. The van der Waals surface area contributed by atoms with Crippen LogP contribution in [-0.2, 0) is 4.43 Å². The first-order valence-electron chi connectivity index (χ1n) is 7.01. The normalized spacial score (nSPS) is 12.0. The summed E-state index contributed by atoms with van der Waals surface area (Å²) in [5.74, 6) is -9.69. The van der Waals surface area contributed by atoms with Crippen LogP contribution in [-0.4, -0.2) is 22.6 Å². The monoisotopic (exact) mass is 341 g/mol. The molecule has 0 aliphatic carbocycles. The van der Waals surface area contributed by atoms with Crippen LogP contribution < -0.4 is 5.32 Å². The van der Waals surface area contributed by atoms with Gasteiger partial charge >= 0.3 is 0 Å². The minimum atomic E-state index is -2.15. The minimum absolute atomic E-state index is 0.126. The third-order valence-electron chi connectivity index (χ3n) is 3.52. The molecule has 1 aromatic carbocycles. The van der Waals surface area contributed by atoms with Crippen LogP contribution in [0.25, 0.3) is 0 Å². The summed E-state index contributed by atoms with van der Waals surface area (Å²) in [6, 6.07) is 0. The molecule has 0 heterocycles. The highest BCUT2D eigenvalue weighted by Gasteiger charge is 2.25. The maximum absolute atomic E-state index is 13.4. The van der Waals surface area contributed by atoms with Gasteiger partial charge in [-0.25, -0.2) is 22.0 Å². The van der Waals surface area contributed by atoms with E-state index in [2.05, 4.69) is 5.32 Å². The molecule has 0 saturated heterocycles. The molecule has 2 nitrogen and oxygen atoms in total. The van der Waals surface area contributed by atoms with Crippen LogP contribution in [0.4, 0.5) is 27.6 Å². The Labute approximate surface area is 129 Å². The van der Waals surface area contributed by atoms with E-state index in [4.69, 9.17) is 4.43 Å². The molecule has 1 rings (SSSR count). The van der Waals surface area contributed by atoms with E-state index in [9.17, 15) is 22.0 Å². The number of hydrogen-bond donors (Lipinski definition) is 1. The van der Waals surface area contributed by atoms with Crippen LogP contribution in [0.3, 0.4) is 0 Å². The molecular formula is C14H20F5NOSi. The second kappa shape index (κ2) is 7.91. The zero-order chi connectivity index (χ0) is 16.9. The standard InChI is InChI=1S/C14H20F5NOSi/c1-14(2,21-22)6-4-3-5-7-20-13-11(18)9(16)8(15)10(17)12(13)19/h20H,3-7H2,1-2,22H3. The first kappa shape index (κ1) is 18.9. The highest BCUT2D eigenvalue weighted by molar-refractivity contribution is 5.98. The number of halogens is 5. The minimum Gasteiger partial charge on any atom is -0.423 e. The van der Waals surface area contributed by atoms with Crippen LogP contribution in [0.5, 0.6) is 0 Å². The molecule has 0 unspecified atom stereocenters. The van der Waals surface area contributed by atoms with Gasteiger partial charge in [-0.15, -0.1) is 0 Å². The molecule has 0 aliphatic heterocycles. The quantitative estimate of drug-likeness (QED) is 0.257. The van der Waals surface area contributed by atoms with E-state index in [1.807, 2.05) is 13.8 Å². The largest absolute Gasteiger partial charge is 0.423 e. The Morgan fingerprint density at radius 2 is 1.36 bits per heavy atom. The molecule has 0 amide bonds. The summed E-state index contributed by atoms with van der Waals surface area (Å²) in [7, 11) is 0.648. The maximum atomic E-state index is 13.4. The molecule has 0 radical (unpaired) electrons. The van der Waals surface area contributed by atoms with Gasteiger partial charge in [-0.2, -0.15) is 0 Å². The summed E-state index contributed by atoms with van der Waals surface area (Å²) in [5, 5.41) is 2.28. The maximum Gasteiger partial charge on any atom is 0.200 e. The predicted molar refractivity (Wildman–Crippen MR) is 78.3 cm³/mol. The molecular weight excluding hydrogens is 321 g/mol. The summed E-state index contributed by atoms with van der Waals surface area (Å²) in [6.45, 7) is 4.08. The molecule has 8 heteroatoms. The van der Waals surface area contributed by atoms with Gasteiger partial charge in [0.25, 0.3) is 0 Å². The van der Waals surface area contributed by atoms with Crippen molar-refractivity contribution >= 4 is 16.2 Å². The fourth-order valence-corrected chi connectivity index (χ4v) is 2.13. The SMILES string of the molecule is CC(C)(CCCCCNc1c(F)c(F)c(F)c(F)c1F)O[SiH3]. The fraction of sp³-hybridized carbons (Fsp3) is 0.571. The van der Waals surface area contributed by atoms with Crippen LogP contribution in [0.15, 0.2) is 0 Å². The van der Waals surface area contributed by atoms with Gasteiger partial charge in [0.1, 0.15) is 16.2 Å². The van der Waals surface area contributed by atoms with Gasteiger partial charge in [-0.05, 0) is 26.7 Å². The lowest BCUT2D eigenvalue weighted by Crippen LogP contribution is -2.22. The smallest absolute Gasteiger partial charge is 0.200 e. The van der Waals surface area contributed by atoms with E-state index in [0.29, 0.717) is 16.9 Å². The lowest BCUT2D eigenvalue weighted by Gasteiger charge is -2.23. The second-order valence-electron chi connectivity index (χ2n) is 5.65. The predicted octanol–water partition coefficient (Wildman–Crippen LogP) is 3.43. The Bertz CT molecular complexity index is 495. The molecule has 0 atom stereocenters. The van der Waals surface area contributed by atoms with Crippen molar-refractivity contribution in [1.82, 2.24) is 0 Å². The summed E-state index contributed by atoms with van der Waals surface area (Å²) < 4.78 is 71.0. The second-order valence-corrected chi connectivity index (χ2v) is 6.05. The molecule has 0 aromatic heterocycles. The third-order valence-corrected chi connectivity index (χ3v) is 4.62. The molecule has 0 saturated carbocycles. The average molecular weight is 341 g/mol. The molecule has 0 spiro atoms. The molecule has 1 aromatic rings. The Hall–Kier alpha value is -1.15. The zero-order valence-corrected chi connectivity index (χ0v) is 14.8. The molecule has 1 N–H and O–H groups in total. The van der Waals surface area contributed by atoms with E-state index in [1.54, 1.807) is 0 Å². The van der Waals surface area contributed by atoms with E-state index in [1.165, 1.54) is 0 Å². The van der Waals surface area contributed by atoms with Gasteiger partial charge in [0.05, 0.1) is 0 Å². The van der Waals surface area contributed by atoms with E-state index in [-0.39, 0.29) is 12.1 Å². The van der Waals surface area contributed by atoms with E-state index in [0.717, 1.165) is 19.3 Å². The van der Waals surface area contributed by atoms with Crippen molar-refractivity contribution in [2.75, 3.05) is 11.9 Å². The van der Waals surface area contributed by atoms with Crippen molar-refractivity contribution in [2.24, 2.45) is 0 Å². The zero-order valence-electron chi connectivity index (χ0n) is 12.8. The number of anilines is 1. The Kier molecular flexibility index (Phi) is 6.80. The first-order valence-corrected chi connectivity index (χ1v) is 7.83. The highest BCUT2D eigenvalue weighted by Crippen LogP contribution is 2.27. The molecule has 0 aliphatic rings. The number of hydrogen-bond acceptors (Lipinski definition) is 2. The van der Waals surface area contributed by atoms with Crippen LogP contribution in [0.2, 0.25) is 0 Å². The molecule has 126 valence electrons. The topological polar surface area (TPSA) is 21.3 Å². The number of rotatable bonds is 8. The number of nitrogens with one attached hydrogen (secondary N) is 1. The average Bonchev–Trinajstić information content (AvgIpc) is 2.49. The molecule has 0 fully saturated rings. The molecule has 0 bridgehead atoms. The van der Waals surface area contributed by atoms with Gasteiger partial charge in [-0.1, -0.05) is 12.8 Å². The Balaban J connectivity index is 2.50. The lowest BCUT2D eigenvalue weighted by atomic mass is 10.0. The van der Waals surface area contributed by atoms with Crippen molar-refractivity contribution in [3.05, 3.63) is 29.1 Å². The summed E-state index contributed by atoms with van der Waals surface area (Å²) in [6.07, 6.45) is 3.01. The van der Waals surface area contributed by atoms with Crippen molar-refractivity contribution in [3.8, 4) is 0 Å². The lowest BCUT2D eigenvalue weighted by molar-refractivity contribution is 0.109. The number of unbranched alkanes of at least 4 members (excludes halogenated alkanes) is 2. The van der Waals surface area contributed by atoms with Crippen LogP contribution >= 0.6 is 0 Å².